The molecule has 5 rings (SSSR count). The van der Waals surface area contributed by atoms with Crippen LogP contribution in [-0.2, 0) is 0 Å². The van der Waals surface area contributed by atoms with Crippen molar-refractivity contribution in [1.82, 2.24) is 15.0 Å². The van der Waals surface area contributed by atoms with E-state index in [9.17, 15) is 9.59 Å². The number of halogens is 3. The third-order valence-corrected chi connectivity index (χ3v) is 6.02. The molecule has 0 aliphatic rings. The van der Waals surface area contributed by atoms with Crippen molar-refractivity contribution in [2.75, 3.05) is 5.32 Å². The molecule has 10 heteroatoms. The van der Waals surface area contributed by atoms with Gasteiger partial charge in [-0.15, -0.1) is 0 Å². The van der Waals surface area contributed by atoms with Crippen molar-refractivity contribution in [2.24, 2.45) is 0 Å². The fourth-order valence-electron chi connectivity index (χ4n) is 3.24. The minimum Gasteiger partial charge on any atom is -0.449 e. The number of pyridine rings is 1. The zero-order chi connectivity index (χ0) is 22.4. The van der Waals surface area contributed by atoms with E-state index in [2.05, 4.69) is 52.1 Å². The van der Waals surface area contributed by atoms with Gasteiger partial charge >= 0.3 is 0 Å². The van der Waals surface area contributed by atoms with Crippen LogP contribution in [0.4, 0.5) is 5.69 Å². The third-order valence-electron chi connectivity index (χ3n) is 4.72. The average molecular weight is 575 g/mol. The van der Waals surface area contributed by atoms with Crippen molar-refractivity contribution in [3.63, 3.8) is 0 Å². The Morgan fingerprint density at radius 2 is 1.88 bits per heavy atom. The number of hydrogen-bond acceptors (Lipinski definition) is 5. The van der Waals surface area contributed by atoms with E-state index < -0.39 is 5.56 Å². The average Bonchev–Trinajstić information content (AvgIpc) is 3.14. The third kappa shape index (κ3) is 3.83. The highest BCUT2D eigenvalue weighted by molar-refractivity contribution is 9.10. The van der Waals surface area contributed by atoms with Gasteiger partial charge in [0.1, 0.15) is 22.6 Å². The fourth-order valence-corrected chi connectivity index (χ4v) is 4.05. The number of furan rings is 1. The van der Waals surface area contributed by atoms with Crippen LogP contribution in [0.3, 0.4) is 0 Å². The van der Waals surface area contributed by atoms with E-state index in [4.69, 9.17) is 16.0 Å². The van der Waals surface area contributed by atoms with Crippen LogP contribution in [0, 0.1) is 0 Å². The highest BCUT2D eigenvalue weighted by Crippen LogP contribution is 2.32. The number of aromatic nitrogens is 3. The Hall–Kier alpha value is -3.01. The standard InChI is InChI=1S/C22H11Br2ClN4O3/c23-10-2-6-17-14(7-10)18-19(32-17)22(31)29-20(28-18)13-8-12(3-4-15(13)25)27-21(30)16-5-1-11(24)9-26-16/h1-9H,(H,27,30)(H,28,29,31). The minimum atomic E-state index is -0.429. The van der Waals surface area contributed by atoms with Crippen molar-refractivity contribution in [1.29, 1.82) is 0 Å². The number of fused-ring (bicyclic) bond motifs is 3. The minimum absolute atomic E-state index is 0.128. The van der Waals surface area contributed by atoms with Crippen LogP contribution < -0.4 is 10.9 Å². The molecule has 32 heavy (non-hydrogen) atoms. The van der Waals surface area contributed by atoms with Gasteiger partial charge in [0.15, 0.2) is 0 Å². The molecule has 0 saturated heterocycles. The van der Waals surface area contributed by atoms with Gasteiger partial charge in [-0.1, -0.05) is 27.5 Å². The van der Waals surface area contributed by atoms with E-state index in [1.165, 1.54) is 0 Å². The summed E-state index contributed by atoms with van der Waals surface area (Å²) >= 11 is 13.1. The first-order valence-electron chi connectivity index (χ1n) is 9.24. The Balaban J connectivity index is 1.58. The molecule has 2 aromatic carbocycles. The Morgan fingerprint density at radius 3 is 2.66 bits per heavy atom. The molecule has 0 aliphatic heterocycles. The van der Waals surface area contributed by atoms with Crippen LogP contribution in [0.1, 0.15) is 10.5 Å². The number of benzene rings is 2. The SMILES string of the molecule is O=C(Nc1ccc(Cl)c(-c2nc3c(oc4ccc(Br)cc43)c(=O)[nH]2)c1)c1ccc(Br)cn1. The molecule has 0 saturated carbocycles. The second-order valence-corrected chi connectivity index (χ2v) is 9.08. The first-order valence-corrected chi connectivity index (χ1v) is 11.2. The lowest BCUT2D eigenvalue weighted by molar-refractivity contribution is 0.102. The summed E-state index contributed by atoms with van der Waals surface area (Å²) in [6.45, 7) is 0. The predicted octanol–water partition coefficient (Wildman–Crippen LogP) is 6.16. The Morgan fingerprint density at radius 1 is 1.06 bits per heavy atom. The van der Waals surface area contributed by atoms with Gasteiger partial charge in [-0.3, -0.25) is 9.59 Å². The van der Waals surface area contributed by atoms with Crippen LogP contribution >= 0.6 is 43.5 Å². The molecule has 0 aliphatic carbocycles. The van der Waals surface area contributed by atoms with Crippen LogP contribution in [-0.4, -0.2) is 20.9 Å². The maximum atomic E-state index is 12.7. The zero-order valence-corrected chi connectivity index (χ0v) is 19.9. The van der Waals surface area contributed by atoms with Gasteiger partial charge in [0.25, 0.3) is 11.5 Å². The second kappa shape index (κ2) is 8.16. The molecule has 0 bridgehead atoms. The first kappa shape index (κ1) is 20.9. The van der Waals surface area contributed by atoms with Crippen molar-refractivity contribution < 1.29 is 9.21 Å². The summed E-state index contributed by atoms with van der Waals surface area (Å²) in [4.78, 5) is 36.6. The Bertz CT molecular complexity index is 1580. The molecule has 1 amide bonds. The summed E-state index contributed by atoms with van der Waals surface area (Å²) < 4.78 is 7.27. The molecule has 0 fully saturated rings. The summed E-state index contributed by atoms with van der Waals surface area (Å²) in [6.07, 6.45) is 1.54. The van der Waals surface area contributed by atoms with Crippen molar-refractivity contribution >= 4 is 77.1 Å². The van der Waals surface area contributed by atoms with Crippen molar-refractivity contribution in [3.8, 4) is 11.4 Å². The Kier molecular flexibility index (Phi) is 5.32. The first-order chi connectivity index (χ1) is 15.4. The molecule has 3 aromatic heterocycles. The van der Waals surface area contributed by atoms with Gasteiger partial charge in [-0.25, -0.2) is 9.97 Å². The second-order valence-electron chi connectivity index (χ2n) is 6.85. The number of nitrogens with zero attached hydrogens (tertiary/aromatic N) is 2. The largest absolute Gasteiger partial charge is 0.449 e. The molecule has 0 radical (unpaired) electrons. The predicted molar refractivity (Wildman–Crippen MR) is 130 cm³/mol. The van der Waals surface area contributed by atoms with Gasteiger partial charge in [-0.05, 0) is 64.5 Å². The van der Waals surface area contributed by atoms with Gasteiger partial charge in [0, 0.05) is 31.8 Å². The van der Waals surface area contributed by atoms with Crippen LogP contribution in [0.15, 0.2) is 72.9 Å². The van der Waals surface area contributed by atoms with Gasteiger partial charge in [0.2, 0.25) is 5.58 Å². The molecule has 0 atom stereocenters. The maximum Gasteiger partial charge on any atom is 0.294 e. The van der Waals surface area contributed by atoms with E-state index in [0.717, 1.165) is 8.95 Å². The molecule has 7 nitrogen and oxygen atoms in total. The van der Waals surface area contributed by atoms with Crippen LogP contribution in [0.25, 0.3) is 33.5 Å². The van der Waals surface area contributed by atoms with Gasteiger partial charge in [-0.2, -0.15) is 0 Å². The molecule has 158 valence electrons. The number of amides is 1. The summed E-state index contributed by atoms with van der Waals surface area (Å²) in [7, 11) is 0. The smallest absolute Gasteiger partial charge is 0.294 e. The molecule has 0 unspecified atom stereocenters. The summed E-state index contributed by atoms with van der Waals surface area (Å²) in [5.41, 5.74) is 1.86. The molecular formula is C22H11Br2ClN4O3. The lowest BCUT2D eigenvalue weighted by Gasteiger charge is -2.09. The number of rotatable bonds is 3. The summed E-state index contributed by atoms with van der Waals surface area (Å²) in [5.74, 6) is -0.124. The highest BCUT2D eigenvalue weighted by atomic mass is 79.9. The monoisotopic (exact) mass is 572 g/mol. The summed E-state index contributed by atoms with van der Waals surface area (Å²) in [5, 5.41) is 3.84. The molecule has 2 N–H and O–H groups in total. The normalized spacial score (nSPS) is 11.2. The highest BCUT2D eigenvalue weighted by Gasteiger charge is 2.17. The number of aromatic amines is 1. The zero-order valence-electron chi connectivity index (χ0n) is 15.9. The molecule has 0 spiro atoms. The van der Waals surface area contributed by atoms with E-state index in [0.29, 0.717) is 32.8 Å². The van der Waals surface area contributed by atoms with Crippen molar-refractivity contribution in [2.45, 2.75) is 0 Å². The van der Waals surface area contributed by atoms with Crippen molar-refractivity contribution in [3.05, 3.63) is 84.7 Å². The number of carbonyl (C=O) groups is 1. The fraction of sp³-hybridized carbons (Fsp3) is 0. The Labute approximate surface area is 202 Å². The van der Waals surface area contributed by atoms with E-state index in [1.807, 2.05) is 12.1 Å². The molecule has 5 aromatic rings. The lowest BCUT2D eigenvalue weighted by Crippen LogP contribution is -2.13. The maximum absolute atomic E-state index is 12.7. The number of anilines is 1. The topological polar surface area (TPSA) is 101 Å². The van der Waals surface area contributed by atoms with E-state index >= 15 is 0 Å². The number of H-pyrrole nitrogens is 1. The van der Waals surface area contributed by atoms with E-state index in [1.54, 1.807) is 42.6 Å². The molecule has 3 heterocycles. The number of nitrogens with one attached hydrogen (secondary N) is 2. The number of carbonyl (C=O) groups excluding carboxylic acids is 1. The number of hydrogen-bond donors (Lipinski definition) is 2. The van der Waals surface area contributed by atoms with Gasteiger partial charge < -0.3 is 14.7 Å². The lowest BCUT2D eigenvalue weighted by atomic mass is 10.1. The van der Waals surface area contributed by atoms with E-state index in [-0.39, 0.29) is 23.0 Å². The molecular weight excluding hydrogens is 564 g/mol. The van der Waals surface area contributed by atoms with Gasteiger partial charge in [0.05, 0.1) is 5.02 Å². The van der Waals surface area contributed by atoms with Crippen LogP contribution in [0.5, 0.6) is 0 Å². The quantitative estimate of drug-likeness (QED) is 0.269. The summed E-state index contributed by atoms with van der Waals surface area (Å²) in [6, 6.07) is 13.7. The van der Waals surface area contributed by atoms with Crippen LogP contribution in [0.2, 0.25) is 5.02 Å².